The number of aromatic nitrogens is 4. The van der Waals surface area contributed by atoms with E-state index in [4.69, 9.17) is 5.11 Å². The molecule has 1 saturated carbocycles. The van der Waals surface area contributed by atoms with Gasteiger partial charge in [0.05, 0.1) is 5.92 Å². The van der Waals surface area contributed by atoms with Gasteiger partial charge < -0.3 is 5.11 Å². The fourth-order valence-electron chi connectivity index (χ4n) is 2.57. The lowest BCUT2D eigenvalue weighted by atomic mass is 9.80. The maximum atomic E-state index is 12.8. The lowest BCUT2D eigenvalue weighted by Crippen LogP contribution is -2.30. The number of hydrogen-bond donors (Lipinski definition) is 1. The lowest BCUT2D eigenvalue weighted by Gasteiger charge is -2.30. The average Bonchev–Trinajstić information content (AvgIpc) is 2.86. The molecule has 0 bridgehead atoms. The Morgan fingerprint density at radius 1 is 1.45 bits per heavy atom. The first-order valence-electron chi connectivity index (χ1n) is 6.38. The van der Waals surface area contributed by atoms with E-state index in [2.05, 4.69) is 15.5 Å². The topological polar surface area (TPSA) is 80.9 Å². The average molecular weight is 292 g/mol. The third-order valence-electron chi connectivity index (χ3n) is 3.74. The van der Waals surface area contributed by atoms with Crippen LogP contribution < -0.4 is 0 Å². The summed E-state index contributed by atoms with van der Waals surface area (Å²) in [5, 5.41) is 19.7. The van der Waals surface area contributed by atoms with E-state index >= 15 is 0 Å². The molecule has 3 atom stereocenters. The van der Waals surface area contributed by atoms with E-state index in [1.54, 1.807) is 0 Å². The highest BCUT2D eigenvalue weighted by atomic mass is 19.4. The molecule has 0 saturated heterocycles. The molecule has 1 aliphatic rings. The Morgan fingerprint density at radius 3 is 2.75 bits per heavy atom. The van der Waals surface area contributed by atoms with Gasteiger partial charge in [-0.25, -0.2) is 9.48 Å². The molecule has 6 nitrogen and oxygen atoms in total. The molecule has 1 aromatic heterocycles. The molecule has 20 heavy (non-hydrogen) atoms. The monoisotopic (exact) mass is 292 g/mol. The highest BCUT2D eigenvalue weighted by Crippen LogP contribution is 2.43. The fourth-order valence-corrected chi connectivity index (χ4v) is 2.57. The smallest absolute Gasteiger partial charge is 0.391 e. The molecular formula is C11H15F3N4O2. The highest BCUT2D eigenvalue weighted by Gasteiger charge is 2.43. The SMILES string of the molecule is CC(C(=O)O)n1nnnc1C1CCCC(C(F)(F)F)C1. The molecule has 0 amide bonds. The normalized spacial score (nSPS) is 25.4. The maximum absolute atomic E-state index is 12.8. The predicted molar refractivity (Wildman–Crippen MR) is 60.9 cm³/mol. The van der Waals surface area contributed by atoms with Crippen molar-refractivity contribution in [1.82, 2.24) is 20.2 Å². The van der Waals surface area contributed by atoms with Gasteiger partial charge >= 0.3 is 12.1 Å². The van der Waals surface area contributed by atoms with Crippen molar-refractivity contribution in [1.29, 1.82) is 0 Å². The summed E-state index contributed by atoms with van der Waals surface area (Å²) in [7, 11) is 0. The van der Waals surface area contributed by atoms with Crippen LogP contribution in [0.15, 0.2) is 0 Å². The number of carboxylic acid groups (broad SMARTS) is 1. The number of aliphatic carboxylic acids is 1. The van der Waals surface area contributed by atoms with E-state index in [1.807, 2.05) is 0 Å². The molecule has 1 fully saturated rings. The molecule has 1 heterocycles. The fraction of sp³-hybridized carbons (Fsp3) is 0.818. The molecule has 0 aromatic carbocycles. The van der Waals surface area contributed by atoms with Crippen molar-refractivity contribution in [2.45, 2.75) is 50.7 Å². The van der Waals surface area contributed by atoms with E-state index in [-0.39, 0.29) is 18.7 Å². The van der Waals surface area contributed by atoms with Crippen LogP contribution in [0.25, 0.3) is 0 Å². The van der Waals surface area contributed by atoms with E-state index in [9.17, 15) is 18.0 Å². The third-order valence-corrected chi connectivity index (χ3v) is 3.74. The second-order valence-corrected chi connectivity index (χ2v) is 5.10. The van der Waals surface area contributed by atoms with Gasteiger partial charge in [0.2, 0.25) is 0 Å². The molecule has 0 aliphatic heterocycles. The lowest BCUT2D eigenvalue weighted by molar-refractivity contribution is -0.183. The van der Waals surface area contributed by atoms with Crippen LogP contribution in [0, 0.1) is 5.92 Å². The first-order chi connectivity index (χ1) is 9.30. The van der Waals surface area contributed by atoms with Crippen molar-refractivity contribution in [2.75, 3.05) is 0 Å². The van der Waals surface area contributed by atoms with Gasteiger partial charge in [-0.05, 0) is 36.6 Å². The second-order valence-electron chi connectivity index (χ2n) is 5.10. The maximum Gasteiger partial charge on any atom is 0.391 e. The number of hydrogen-bond acceptors (Lipinski definition) is 4. The number of carbonyl (C=O) groups is 1. The van der Waals surface area contributed by atoms with Gasteiger partial charge in [-0.2, -0.15) is 13.2 Å². The van der Waals surface area contributed by atoms with Crippen LogP contribution in [-0.4, -0.2) is 37.5 Å². The number of carboxylic acids is 1. The third kappa shape index (κ3) is 2.91. The van der Waals surface area contributed by atoms with Crippen LogP contribution in [0.1, 0.15) is 50.4 Å². The predicted octanol–water partition coefficient (Wildman–Crippen LogP) is 2.15. The van der Waals surface area contributed by atoms with Crippen molar-refractivity contribution >= 4 is 5.97 Å². The number of nitrogens with zero attached hydrogens (tertiary/aromatic N) is 4. The Balaban J connectivity index is 2.20. The van der Waals surface area contributed by atoms with Crippen LogP contribution in [0.3, 0.4) is 0 Å². The van der Waals surface area contributed by atoms with E-state index in [0.717, 1.165) is 4.68 Å². The minimum atomic E-state index is -4.23. The van der Waals surface area contributed by atoms with Crippen molar-refractivity contribution in [2.24, 2.45) is 5.92 Å². The largest absolute Gasteiger partial charge is 0.480 e. The summed E-state index contributed by atoms with van der Waals surface area (Å²) in [4.78, 5) is 11.0. The molecule has 3 unspecified atom stereocenters. The summed E-state index contributed by atoms with van der Waals surface area (Å²) in [6, 6.07) is -0.994. The van der Waals surface area contributed by atoms with E-state index in [0.29, 0.717) is 12.8 Å². The Bertz CT molecular complexity index is 488. The quantitative estimate of drug-likeness (QED) is 0.923. The zero-order valence-corrected chi connectivity index (χ0v) is 10.8. The van der Waals surface area contributed by atoms with Crippen LogP contribution in [0.2, 0.25) is 0 Å². The van der Waals surface area contributed by atoms with Gasteiger partial charge in [-0.1, -0.05) is 6.42 Å². The molecule has 2 rings (SSSR count). The van der Waals surface area contributed by atoms with Crippen molar-refractivity contribution in [3.63, 3.8) is 0 Å². The standard InChI is InChI=1S/C11H15F3N4O2/c1-6(10(19)20)18-9(15-16-17-18)7-3-2-4-8(5-7)11(12,13)14/h6-8H,2-5H2,1H3,(H,19,20). The second kappa shape index (κ2) is 5.37. The molecule has 1 aliphatic carbocycles. The van der Waals surface area contributed by atoms with Crippen LogP contribution in [-0.2, 0) is 4.79 Å². The summed E-state index contributed by atoms with van der Waals surface area (Å²) in [5.74, 6) is -2.71. The Labute approximate surface area is 113 Å². The number of alkyl halides is 3. The summed E-state index contributed by atoms with van der Waals surface area (Å²) in [6.07, 6.45) is -3.23. The van der Waals surface area contributed by atoms with Gasteiger partial charge in [0.15, 0.2) is 5.82 Å². The summed E-state index contributed by atoms with van der Waals surface area (Å²) < 4.78 is 39.5. The summed E-state index contributed by atoms with van der Waals surface area (Å²) in [6.45, 7) is 1.40. The highest BCUT2D eigenvalue weighted by molar-refractivity contribution is 5.71. The van der Waals surface area contributed by atoms with Crippen LogP contribution in [0.4, 0.5) is 13.2 Å². The minimum Gasteiger partial charge on any atom is -0.480 e. The van der Waals surface area contributed by atoms with Gasteiger partial charge in [-0.3, -0.25) is 0 Å². The minimum absolute atomic E-state index is 0.0871. The number of tetrazole rings is 1. The molecule has 112 valence electrons. The van der Waals surface area contributed by atoms with E-state index in [1.165, 1.54) is 6.92 Å². The van der Waals surface area contributed by atoms with Crippen molar-refractivity contribution in [3.8, 4) is 0 Å². The van der Waals surface area contributed by atoms with Gasteiger partial charge in [0.1, 0.15) is 6.04 Å². The van der Waals surface area contributed by atoms with Gasteiger partial charge in [0.25, 0.3) is 0 Å². The molecule has 1 aromatic rings. The number of rotatable bonds is 3. The zero-order valence-electron chi connectivity index (χ0n) is 10.8. The van der Waals surface area contributed by atoms with Crippen LogP contribution in [0.5, 0.6) is 0 Å². The van der Waals surface area contributed by atoms with Crippen LogP contribution >= 0.6 is 0 Å². The van der Waals surface area contributed by atoms with Gasteiger partial charge in [0, 0.05) is 5.92 Å². The Kier molecular flexibility index (Phi) is 3.96. The molecule has 9 heteroatoms. The first kappa shape index (κ1) is 14.7. The molecule has 0 radical (unpaired) electrons. The zero-order chi connectivity index (χ0) is 14.9. The molecule has 0 spiro atoms. The molecule has 1 N–H and O–H groups in total. The first-order valence-corrected chi connectivity index (χ1v) is 6.38. The Morgan fingerprint density at radius 2 is 2.15 bits per heavy atom. The van der Waals surface area contributed by atoms with Gasteiger partial charge in [-0.15, -0.1) is 5.10 Å². The van der Waals surface area contributed by atoms with Crippen molar-refractivity contribution in [3.05, 3.63) is 5.82 Å². The summed E-state index contributed by atoms with van der Waals surface area (Å²) in [5.41, 5.74) is 0. The number of halogens is 3. The van der Waals surface area contributed by atoms with Crippen molar-refractivity contribution < 1.29 is 23.1 Å². The Hall–Kier alpha value is -1.67. The molecular weight excluding hydrogens is 277 g/mol. The van der Waals surface area contributed by atoms with E-state index < -0.39 is 30.0 Å². The summed E-state index contributed by atoms with van der Waals surface area (Å²) >= 11 is 0.